The molecule has 3 rings (SSSR count). The maximum Gasteiger partial charge on any atom is 0.256 e. The summed E-state index contributed by atoms with van der Waals surface area (Å²) in [6.45, 7) is 7.12. The van der Waals surface area contributed by atoms with Gasteiger partial charge in [0.25, 0.3) is 5.89 Å². The van der Waals surface area contributed by atoms with Crippen molar-refractivity contribution < 1.29 is 9.26 Å². The van der Waals surface area contributed by atoms with E-state index in [2.05, 4.69) is 25.4 Å². The second-order valence-electron chi connectivity index (χ2n) is 5.34. The van der Waals surface area contributed by atoms with Gasteiger partial charge < -0.3 is 14.6 Å². The van der Waals surface area contributed by atoms with E-state index in [1.807, 2.05) is 26.8 Å². The summed E-state index contributed by atoms with van der Waals surface area (Å²) >= 11 is 0. The van der Waals surface area contributed by atoms with Crippen molar-refractivity contribution in [2.45, 2.75) is 33.3 Å². The molecule has 0 bridgehead atoms. The first-order chi connectivity index (χ1) is 10.1. The highest BCUT2D eigenvalue weighted by Crippen LogP contribution is 2.33. The summed E-state index contributed by atoms with van der Waals surface area (Å²) in [5.74, 6) is 3.10. The fraction of sp³-hybridized carbons (Fsp3) is 0.571. The van der Waals surface area contributed by atoms with Crippen LogP contribution >= 0.6 is 0 Å². The molecule has 3 heterocycles. The Balaban J connectivity index is 1.66. The third kappa shape index (κ3) is 3.18. The minimum absolute atomic E-state index is 0.136. The van der Waals surface area contributed by atoms with Crippen molar-refractivity contribution >= 4 is 5.82 Å². The fourth-order valence-electron chi connectivity index (χ4n) is 2.59. The highest BCUT2D eigenvalue weighted by molar-refractivity contribution is 5.35. The monoisotopic (exact) mass is 289 g/mol. The minimum atomic E-state index is -0.136. The molecule has 112 valence electrons. The lowest BCUT2D eigenvalue weighted by molar-refractivity contribution is 0.0650. The highest BCUT2D eigenvalue weighted by Gasteiger charge is 2.33. The van der Waals surface area contributed by atoms with Crippen LogP contribution < -0.4 is 5.32 Å². The number of rotatable bonds is 4. The molecule has 1 saturated heterocycles. The van der Waals surface area contributed by atoms with Crippen LogP contribution in [-0.2, 0) is 4.74 Å². The molecule has 21 heavy (non-hydrogen) atoms. The molecule has 7 nitrogen and oxygen atoms in total. The molecule has 0 spiro atoms. The molecule has 1 aliphatic rings. The number of ether oxygens (including phenoxy) is 1. The van der Waals surface area contributed by atoms with E-state index in [4.69, 9.17) is 9.26 Å². The fourth-order valence-corrected chi connectivity index (χ4v) is 2.59. The van der Waals surface area contributed by atoms with Crippen molar-refractivity contribution in [1.82, 2.24) is 20.1 Å². The largest absolute Gasteiger partial charge is 0.370 e. The zero-order valence-corrected chi connectivity index (χ0v) is 12.5. The average molecular weight is 289 g/mol. The summed E-state index contributed by atoms with van der Waals surface area (Å²) in [6, 6.07) is 1.94. The number of hydrogen-bond acceptors (Lipinski definition) is 7. The molecule has 1 fully saturated rings. The normalized spacial score (nSPS) is 21.7. The Labute approximate surface area is 123 Å². The van der Waals surface area contributed by atoms with E-state index in [0.717, 1.165) is 30.3 Å². The third-order valence-electron chi connectivity index (χ3n) is 3.51. The van der Waals surface area contributed by atoms with Crippen LogP contribution in [0.3, 0.4) is 0 Å². The Hall–Kier alpha value is -2.02. The van der Waals surface area contributed by atoms with E-state index >= 15 is 0 Å². The number of hydrogen-bond donors (Lipinski definition) is 1. The van der Waals surface area contributed by atoms with E-state index in [1.165, 1.54) is 0 Å². The molecule has 7 heteroatoms. The summed E-state index contributed by atoms with van der Waals surface area (Å²) in [5.41, 5.74) is 0.955. The quantitative estimate of drug-likeness (QED) is 0.920. The zero-order chi connectivity index (χ0) is 14.8. The van der Waals surface area contributed by atoms with Gasteiger partial charge in [-0.25, -0.2) is 9.97 Å². The van der Waals surface area contributed by atoms with Crippen LogP contribution in [0.15, 0.2) is 10.6 Å². The molecule has 0 saturated carbocycles. The standard InChI is InChI=1S/C14H19N5O2/c1-8-6-12(17-9(2)16-8)15-7-11-4-5-20-13(11)14-18-10(3)19-21-14/h6,11,13H,4-5,7H2,1-3H3,(H,15,16,17)/t11-,13-/m0/s1. The van der Waals surface area contributed by atoms with Crippen LogP contribution in [0.1, 0.15) is 35.8 Å². The lowest BCUT2D eigenvalue weighted by Gasteiger charge is -2.16. The summed E-state index contributed by atoms with van der Waals surface area (Å²) in [4.78, 5) is 12.9. The molecule has 0 aliphatic carbocycles. The SMILES string of the molecule is Cc1cc(NC[C@@H]2CCO[C@@H]2c2nc(C)no2)nc(C)n1. The van der Waals surface area contributed by atoms with Gasteiger partial charge in [0, 0.05) is 30.8 Å². The summed E-state index contributed by atoms with van der Waals surface area (Å²) in [6.07, 6.45) is 0.824. The first-order valence-electron chi connectivity index (χ1n) is 7.10. The first kappa shape index (κ1) is 13.9. The van der Waals surface area contributed by atoms with Crippen LogP contribution in [0.5, 0.6) is 0 Å². The summed E-state index contributed by atoms with van der Waals surface area (Å²) < 4.78 is 11.0. The highest BCUT2D eigenvalue weighted by atomic mass is 16.5. The van der Waals surface area contributed by atoms with Gasteiger partial charge >= 0.3 is 0 Å². The van der Waals surface area contributed by atoms with Gasteiger partial charge in [-0.2, -0.15) is 4.98 Å². The minimum Gasteiger partial charge on any atom is -0.370 e. The molecule has 0 aromatic carbocycles. The van der Waals surface area contributed by atoms with Crippen LogP contribution in [-0.4, -0.2) is 33.3 Å². The molecule has 2 aromatic heterocycles. The van der Waals surface area contributed by atoms with Crippen LogP contribution in [0.4, 0.5) is 5.82 Å². The Kier molecular flexibility index (Phi) is 3.83. The molecular weight excluding hydrogens is 270 g/mol. The number of aryl methyl sites for hydroxylation is 3. The van der Waals surface area contributed by atoms with E-state index in [1.54, 1.807) is 0 Å². The second-order valence-corrected chi connectivity index (χ2v) is 5.34. The Morgan fingerprint density at radius 1 is 1.19 bits per heavy atom. The number of nitrogens with one attached hydrogen (secondary N) is 1. The van der Waals surface area contributed by atoms with Crippen LogP contribution in [0.25, 0.3) is 0 Å². The zero-order valence-electron chi connectivity index (χ0n) is 12.5. The maximum atomic E-state index is 5.73. The maximum absolute atomic E-state index is 5.73. The van der Waals surface area contributed by atoms with Gasteiger partial charge in [-0.15, -0.1) is 0 Å². The van der Waals surface area contributed by atoms with Gasteiger partial charge in [0.05, 0.1) is 0 Å². The summed E-state index contributed by atoms with van der Waals surface area (Å²) in [5, 5.41) is 7.18. The van der Waals surface area contributed by atoms with Gasteiger partial charge in [-0.1, -0.05) is 5.16 Å². The molecular formula is C14H19N5O2. The number of anilines is 1. The topological polar surface area (TPSA) is 86.0 Å². The smallest absolute Gasteiger partial charge is 0.256 e. The van der Waals surface area contributed by atoms with Crippen molar-refractivity contribution in [1.29, 1.82) is 0 Å². The lowest BCUT2D eigenvalue weighted by Crippen LogP contribution is -2.19. The predicted molar refractivity (Wildman–Crippen MR) is 75.8 cm³/mol. The molecule has 0 unspecified atom stereocenters. The van der Waals surface area contributed by atoms with E-state index in [-0.39, 0.29) is 6.10 Å². The van der Waals surface area contributed by atoms with Crippen molar-refractivity contribution in [3.05, 3.63) is 29.3 Å². The molecule has 2 atom stereocenters. The van der Waals surface area contributed by atoms with Crippen molar-refractivity contribution in [2.75, 3.05) is 18.5 Å². The van der Waals surface area contributed by atoms with Gasteiger partial charge in [0.15, 0.2) is 5.82 Å². The van der Waals surface area contributed by atoms with Crippen LogP contribution in [0, 0.1) is 26.7 Å². The first-order valence-corrected chi connectivity index (χ1v) is 7.10. The molecule has 1 aliphatic heterocycles. The van der Waals surface area contributed by atoms with Crippen molar-refractivity contribution in [3.63, 3.8) is 0 Å². The van der Waals surface area contributed by atoms with E-state index in [0.29, 0.717) is 24.2 Å². The molecule has 0 radical (unpaired) electrons. The van der Waals surface area contributed by atoms with E-state index < -0.39 is 0 Å². The van der Waals surface area contributed by atoms with Gasteiger partial charge in [0.1, 0.15) is 17.7 Å². The van der Waals surface area contributed by atoms with E-state index in [9.17, 15) is 0 Å². The van der Waals surface area contributed by atoms with Gasteiger partial charge in [-0.3, -0.25) is 0 Å². The summed E-state index contributed by atoms with van der Waals surface area (Å²) in [7, 11) is 0. The van der Waals surface area contributed by atoms with Crippen molar-refractivity contribution in [2.24, 2.45) is 5.92 Å². The lowest BCUT2D eigenvalue weighted by atomic mass is 10.0. The van der Waals surface area contributed by atoms with Gasteiger partial charge in [-0.05, 0) is 27.2 Å². The Bertz CT molecular complexity index is 607. The average Bonchev–Trinajstić information content (AvgIpc) is 3.03. The second kappa shape index (κ2) is 5.77. The predicted octanol–water partition coefficient (Wildman–Crippen LogP) is 1.97. The molecule has 1 N–H and O–H groups in total. The van der Waals surface area contributed by atoms with Gasteiger partial charge in [0.2, 0.25) is 0 Å². The Morgan fingerprint density at radius 2 is 2.05 bits per heavy atom. The molecule has 2 aromatic rings. The Morgan fingerprint density at radius 3 is 2.76 bits per heavy atom. The number of nitrogens with zero attached hydrogens (tertiary/aromatic N) is 4. The number of aromatic nitrogens is 4. The van der Waals surface area contributed by atoms with Crippen LogP contribution in [0.2, 0.25) is 0 Å². The third-order valence-corrected chi connectivity index (χ3v) is 3.51. The molecule has 0 amide bonds. The van der Waals surface area contributed by atoms with Crippen molar-refractivity contribution in [3.8, 4) is 0 Å².